The van der Waals surface area contributed by atoms with Crippen molar-refractivity contribution in [2.75, 3.05) is 7.11 Å². The molecular weight excluding hydrogens is 492 g/mol. The number of cyclic esters (lactones) is 1. The number of nitro groups is 1. The quantitative estimate of drug-likeness (QED) is 0.186. The van der Waals surface area contributed by atoms with Crippen molar-refractivity contribution >= 4 is 39.6 Å². The van der Waals surface area contributed by atoms with Crippen LogP contribution in [-0.2, 0) is 16.1 Å². The number of nitrogens with zero attached hydrogens (tertiary/aromatic N) is 2. The fourth-order valence-electron chi connectivity index (χ4n) is 3.08. The largest absolute Gasteiger partial charge is 0.493 e. The van der Waals surface area contributed by atoms with Crippen LogP contribution in [0.5, 0.6) is 11.5 Å². The minimum Gasteiger partial charge on any atom is -0.493 e. The molecule has 0 fully saturated rings. The van der Waals surface area contributed by atoms with Gasteiger partial charge in [-0.25, -0.2) is 9.79 Å². The third kappa shape index (κ3) is 5.09. The predicted octanol–water partition coefficient (Wildman–Crippen LogP) is 5.29. The molecule has 1 heterocycles. The molecule has 0 spiro atoms. The van der Waals surface area contributed by atoms with Gasteiger partial charge in [0.2, 0.25) is 5.90 Å². The Morgan fingerprint density at radius 3 is 2.55 bits per heavy atom. The molecule has 0 amide bonds. The van der Waals surface area contributed by atoms with Gasteiger partial charge in [-0.05, 0) is 42.0 Å². The number of hydrogen-bond acceptors (Lipinski definition) is 7. The number of esters is 1. The van der Waals surface area contributed by atoms with Gasteiger partial charge in [-0.3, -0.25) is 10.1 Å². The van der Waals surface area contributed by atoms with Gasteiger partial charge in [-0.1, -0.05) is 40.2 Å². The number of carbonyl (C=O) groups is 1. The average molecular weight is 509 g/mol. The summed E-state index contributed by atoms with van der Waals surface area (Å²) in [6.07, 6.45) is 1.57. The van der Waals surface area contributed by atoms with Gasteiger partial charge in [0.05, 0.1) is 12.0 Å². The number of rotatable bonds is 7. The summed E-state index contributed by atoms with van der Waals surface area (Å²) in [7, 11) is 1.53. The summed E-state index contributed by atoms with van der Waals surface area (Å²) in [5.41, 5.74) is 2.17. The lowest BCUT2D eigenvalue weighted by molar-refractivity contribution is -0.384. The molecule has 0 bridgehead atoms. The van der Waals surface area contributed by atoms with E-state index in [0.29, 0.717) is 29.2 Å². The molecule has 0 unspecified atom stereocenters. The SMILES string of the molecule is COc1cc(/C=C2\N=C(c3ccc([N+](=O)[O-])cc3)OC2=O)ccc1OCc1ccccc1Br. The Morgan fingerprint density at radius 1 is 1.09 bits per heavy atom. The van der Waals surface area contributed by atoms with E-state index in [0.717, 1.165) is 10.0 Å². The maximum Gasteiger partial charge on any atom is 0.363 e. The van der Waals surface area contributed by atoms with Crippen LogP contribution in [0.4, 0.5) is 5.69 Å². The summed E-state index contributed by atoms with van der Waals surface area (Å²) in [5, 5.41) is 10.8. The Balaban J connectivity index is 1.53. The number of aliphatic imine (C=N–C) groups is 1. The second-order valence-corrected chi connectivity index (χ2v) is 7.78. The van der Waals surface area contributed by atoms with Crippen molar-refractivity contribution in [2.45, 2.75) is 6.61 Å². The van der Waals surface area contributed by atoms with Crippen molar-refractivity contribution in [3.8, 4) is 11.5 Å². The van der Waals surface area contributed by atoms with Gasteiger partial charge in [0.15, 0.2) is 17.2 Å². The molecule has 0 saturated carbocycles. The van der Waals surface area contributed by atoms with Crippen LogP contribution in [0.3, 0.4) is 0 Å². The molecule has 4 rings (SSSR count). The Morgan fingerprint density at radius 2 is 1.85 bits per heavy atom. The van der Waals surface area contributed by atoms with E-state index in [1.54, 1.807) is 24.3 Å². The fraction of sp³-hybridized carbons (Fsp3) is 0.0833. The average Bonchev–Trinajstić information content (AvgIpc) is 3.19. The van der Waals surface area contributed by atoms with Gasteiger partial charge in [-0.2, -0.15) is 0 Å². The molecular formula is C24H17BrN2O6. The highest BCUT2D eigenvalue weighted by Gasteiger charge is 2.24. The first-order valence-electron chi connectivity index (χ1n) is 9.76. The van der Waals surface area contributed by atoms with Gasteiger partial charge >= 0.3 is 5.97 Å². The van der Waals surface area contributed by atoms with Crippen LogP contribution in [0.1, 0.15) is 16.7 Å². The number of methoxy groups -OCH3 is 1. The van der Waals surface area contributed by atoms with Gasteiger partial charge in [0.1, 0.15) is 6.61 Å². The summed E-state index contributed by atoms with van der Waals surface area (Å²) in [6.45, 7) is 0.355. The van der Waals surface area contributed by atoms with Crippen LogP contribution in [-0.4, -0.2) is 23.9 Å². The molecule has 0 aliphatic carbocycles. The highest BCUT2D eigenvalue weighted by molar-refractivity contribution is 9.10. The van der Waals surface area contributed by atoms with Crippen LogP contribution >= 0.6 is 15.9 Å². The zero-order chi connectivity index (χ0) is 23.4. The van der Waals surface area contributed by atoms with E-state index < -0.39 is 10.9 Å². The van der Waals surface area contributed by atoms with E-state index in [-0.39, 0.29) is 17.3 Å². The first-order valence-corrected chi connectivity index (χ1v) is 10.6. The van der Waals surface area contributed by atoms with Gasteiger partial charge in [-0.15, -0.1) is 0 Å². The zero-order valence-electron chi connectivity index (χ0n) is 17.4. The number of benzene rings is 3. The number of ether oxygens (including phenoxy) is 3. The molecule has 8 nitrogen and oxygen atoms in total. The van der Waals surface area contributed by atoms with E-state index in [1.807, 2.05) is 24.3 Å². The molecule has 1 aliphatic heterocycles. The lowest BCUT2D eigenvalue weighted by Gasteiger charge is -2.12. The van der Waals surface area contributed by atoms with Crippen LogP contribution in [0.25, 0.3) is 6.08 Å². The van der Waals surface area contributed by atoms with Gasteiger partial charge in [0, 0.05) is 27.7 Å². The molecule has 9 heteroatoms. The van der Waals surface area contributed by atoms with Crippen molar-refractivity contribution in [3.63, 3.8) is 0 Å². The summed E-state index contributed by atoms with van der Waals surface area (Å²) >= 11 is 3.50. The first-order chi connectivity index (χ1) is 15.9. The smallest absolute Gasteiger partial charge is 0.363 e. The molecule has 3 aromatic carbocycles. The van der Waals surface area contributed by atoms with E-state index >= 15 is 0 Å². The Labute approximate surface area is 197 Å². The van der Waals surface area contributed by atoms with Gasteiger partial charge in [0.25, 0.3) is 5.69 Å². The second-order valence-electron chi connectivity index (χ2n) is 6.93. The van der Waals surface area contributed by atoms with Crippen molar-refractivity contribution < 1.29 is 23.9 Å². The number of halogens is 1. The zero-order valence-corrected chi connectivity index (χ0v) is 18.9. The maximum absolute atomic E-state index is 12.3. The normalized spacial score (nSPS) is 14.1. The molecule has 1 aliphatic rings. The molecule has 0 aromatic heterocycles. The predicted molar refractivity (Wildman–Crippen MR) is 125 cm³/mol. The van der Waals surface area contributed by atoms with E-state index in [2.05, 4.69) is 20.9 Å². The minimum atomic E-state index is -0.614. The van der Waals surface area contributed by atoms with Crippen molar-refractivity contribution in [1.29, 1.82) is 0 Å². The minimum absolute atomic E-state index is 0.0616. The van der Waals surface area contributed by atoms with Crippen LogP contribution < -0.4 is 9.47 Å². The van der Waals surface area contributed by atoms with E-state index in [4.69, 9.17) is 14.2 Å². The lowest BCUT2D eigenvalue weighted by Crippen LogP contribution is -2.05. The molecule has 33 heavy (non-hydrogen) atoms. The maximum atomic E-state index is 12.3. The number of nitro benzene ring substituents is 1. The summed E-state index contributed by atoms with van der Waals surface area (Å²) in [5.74, 6) is 0.528. The molecule has 0 saturated heterocycles. The van der Waals surface area contributed by atoms with Crippen LogP contribution in [0, 0.1) is 10.1 Å². The number of carbonyl (C=O) groups excluding carboxylic acids is 1. The Bertz CT molecular complexity index is 1280. The fourth-order valence-corrected chi connectivity index (χ4v) is 3.48. The molecule has 3 aromatic rings. The lowest BCUT2D eigenvalue weighted by atomic mass is 10.1. The number of hydrogen-bond donors (Lipinski definition) is 0. The summed E-state index contributed by atoms with van der Waals surface area (Å²) < 4.78 is 17.5. The van der Waals surface area contributed by atoms with Crippen molar-refractivity contribution in [3.05, 3.63) is 104 Å². The third-order valence-electron chi connectivity index (χ3n) is 4.78. The standard InChI is InChI=1S/C24H17BrN2O6/c1-31-22-13-15(6-11-21(22)32-14-17-4-2-3-5-19(17)25)12-20-24(28)33-23(26-20)16-7-9-18(10-8-16)27(29)30/h2-13H,14H2,1H3/b20-12-. The Hall–Kier alpha value is -3.98. The molecule has 0 atom stereocenters. The highest BCUT2D eigenvalue weighted by atomic mass is 79.9. The molecule has 0 N–H and O–H groups in total. The monoisotopic (exact) mass is 508 g/mol. The second kappa shape index (κ2) is 9.66. The van der Waals surface area contributed by atoms with Crippen LogP contribution in [0.2, 0.25) is 0 Å². The highest BCUT2D eigenvalue weighted by Crippen LogP contribution is 2.31. The Kier molecular flexibility index (Phi) is 6.50. The summed E-state index contributed by atoms with van der Waals surface area (Å²) in [6, 6.07) is 18.6. The van der Waals surface area contributed by atoms with Gasteiger partial charge < -0.3 is 14.2 Å². The molecule has 0 radical (unpaired) electrons. The van der Waals surface area contributed by atoms with E-state index in [1.165, 1.54) is 31.4 Å². The summed E-state index contributed by atoms with van der Waals surface area (Å²) in [4.78, 5) is 26.8. The van der Waals surface area contributed by atoms with Crippen molar-refractivity contribution in [1.82, 2.24) is 0 Å². The van der Waals surface area contributed by atoms with Crippen LogP contribution in [0.15, 0.2) is 81.9 Å². The van der Waals surface area contributed by atoms with Crippen molar-refractivity contribution in [2.24, 2.45) is 4.99 Å². The molecule has 166 valence electrons. The van der Waals surface area contributed by atoms with E-state index in [9.17, 15) is 14.9 Å². The third-order valence-corrected chi connectivity index (χ3v) is 5.55. The topological polar surface area (TPSA) is 100 Å². The first kappa shape index (κ1) is 22.2. The number of non-ortho nitro benzene ring substituents is 1.